The maximum Gasteiger partial charge on any atom is 0.352 e. The van der Waals surface area contributed by atoms with Crippen molar-refractivity contribution < 1.29 is 27.8 Å². The maximum atomic E-state index is 11.4. The summed E-state index contributed by atoms with van der Waals surface area (Å²) < 4.78 is 37.8. The number of carboxylic acid groups (broad SMARTS) is 1. The Bertz CT molecular complexity index is 1810. The predicted molar refractivity (Wildman–Crippen MR) is 181 cm³/mol. The van der Waals surface area contributed by atoms with Gasteiger partial charge in [-0.2, -0.15) is 4.98 Å². The number of hydrogen-bond donors (Lipinski definition) is 4. The third-order valence-electron chi connectivity index (χ3n) is 7.62. The van der Waals surface area contributed by atoms with Crippen molar-refractivity contribution in [3.63, 3.8) is 0 Å². The highest BCUT2D eigenvalue weighted by Gasteiger charge is 2.21. The van der Waals surface area contributed by atoms with Crippen molar-refractivity contribution in [2.45, 2.75) is 45.1 Å². The van der Waals surface area contributed by atoms with Gasteiger partial charge in [-0.1, -0.05) is 32.9 Å². The van der Waals surface area contributed by atoms with E-state index in [1.807, 2.05) is 32.9 Å². The Labute approximate surface area is 269 Å². The lowest BCUT2D eigenvalue weighted by molar-refractivity contribution is 0.0687. The van der Waals surface area contributed by atoms with Crippen LogP contribution in [0.1, 0.15) is 49.7 Å². The monoisotopic (exact) mass is 653 g/mol. The first-order valence-corrected chi connectivity index (χ1v) is 16.7. The van der Waals surface area contributed by atoms with Crippen molar-refractivity contribution in [3.8, 4) is 17.4 Å². The highest BCUT2D eigenvalue weighted by atomic mass is 32.2. The second-order valence-corrected chi connectivity index (χ2v) is 14.1. The Kier molecular flexibility index (Phi) is 10.3. The average molecular weight is 654 g/mol. The number of nitrogen functional groups attached to an aromatic ring is 1. The van der Waals surface area contributed by atoms with Gasteiger partial charge < -0.3 is 35.1 Å². The molecule has 0 amide bonds. The van der Waals surface area contributed by atoms with Crippen LogP contribution in [0.3, 0.4) is 0 Å². The number of para-hydroxylation sites is 1. The topological polar surface area (TPSA) is 174 Å². The normalized spacial score (nSPS) is 14.3. The molecule has 46 heavy (non-hydrogen) atoms. The molecule has 4 aromatic rings. The molecule has 2 aromatic heterocycles. The molecular formula is C32H43N7O6S. The average Bonchev–Trinajstić information content (AvgIpc) is 3.31. The van der Waals surface area contributed by atoms with E-state index in [0.717, 1.165) is 43.1 Å². The first-order chi connectivity index (χ1) is 21.6. The molecule has 13 nitrogen and oxygen atoms in total. The Morgan fingerprint density at radius 2 is 1.80 bits per heavy atom. The van der Waals surface area contributed by atoms with E-state index in [-0.39, 0.29) is 11.1 Å². The van der Waals surface area contributed by atoms with Crippen molar-refractivity contribution in [3.05, 3.63) is 59.9 Å². The van der Waals surface area contributed by atoms with Crippen molar-refractivity contribution in [1.82, 2.24) is 19.4 Å². The summed E-state index contributed by atoms with van der Waals surface area (Å²) in [4.78, 5) is 22.5. The number of methoxy groups -OCH3 is 1. The molecule has 1 aliphatic heterocycles. The van der Waals surface area contributed by atoms with Gasteiger partial charge in [-0.3, -0.25) is 4.72 Å². The minimum Gasteiger partial charge on any atom is -0.492 e. The van der Waals surface area contributed by atoms with E-state index < -0.39 is 16.0 Å². The third kappa shape index (κ3) is 8.57. The molecule has 5 N–H and O–H groups in total. The van der Waals surface area contributed by atoms with E-state index in [9.17, 15) is 18.3 Å². The van der Waals surface area contributed by atoms with Gasteiger partial charge in [0, 0.05) is 30.7 Å². The number of aromatic nitrogens is 3. The highest BCUT2D eigenvalue weighted by molar-refractivity contribution is 7.92. The highest BCUT2D eigenvalue weighted by Crippen LogP contribution is 2.37. The van der Waals surface area contributed by atoms with E-state index in [4.69, 9.17) is 15.2 Å². The van der Waals surface area contributed by atoms with E-state index in [1.165, 1.54) is 7.11 Å². The first-order valence-electron chi connectivity index (χ1n) is 14.8. The summed E-state index contributed by atoms with van der Waals surface area (Å²) >= 11 is 0. The summed E-state index contributed by atoms with van der Waals surface area (Å²) in [5, 5.41) is 13.5. The number of carboxylic acids is 1. The van der Waals surface area contributed by atoms with Crippen LogP contribution in [0.4, 0.5) is 17.3 Å². The number of likely N-dealkylation sites (tertiary alicyclic amines) is 1. The van der Waals surface area contributed by atoms with Crippen LogP contribution in [-0.4, -0.2) is 78.5 Å². The number of rotatable bonds is 8. The van der Waals surface area contributed by atoms with Crippen LogP contribution in [-0.2, 0) is 22.5 Å². The number of sulfonamides is 1. The number of piperidine rings is 1. The number of fused-ring (bicyclic) bond motifs is 1. The number of aryl methyl sites for hydroxylation is 1. The molecule has 1 aliphatic rings. The lowest BCUT2D eigenvalue weighted by Gasteiger charge is -2.29. The molecule has 1 fully saturated rings. The lowest BCUT2D eigenvalue weighted by atomic mass is 9.86. The summed E-state index contributed by atoms with van der Waals surface area (Å²) in [6.07, 6.45) is 4.84. The molecule has 248 valence electrons. The standard InChI is InChI=1S/C20H23N5O3.C12H20N2O3S/c1-24-10-7-14(8-11-24)22-20-21-9-6-17(23-20)28-16-5-3-4-13-12-15(19(26)27)25(2)18(13)16;1-12(2,3)8-6-9(13)11(17-4)10(7-8)14-18(5,15)16/h3-6,9,12,14H,7-8,10-11H2,1-2H3,(H,26,27)(H,21,22,23);6-7,14H,13H2,1-5H3. The zero-order valence-corrected chi connectivity index (χ0v) is 28.1. The van der Waals surface area contributed by atoms with Crippen molar-refractivity contribution >= 4 is 44.2 Å². The maximum absolute atomic E-state index is 11.4. The van der Waals surface area contributed by atoms with Crippen LogP contribution in [0.5, 0.6) is 17.4 Å². The summed E-state index contributed by atoms with van der Waals surface area (Å²) in [5.41, 5.74) is 8.39. The second-order valence-electron chi connectivity index (χ2n) is 12.4. The number of hydrogen-bond acceptors (Lipinski definition) is 10. The molecule has 1 saturated heterocycles. The lowest BCUT2D eigenvalue weighted by Crippen LogP contribution is -2.37. The summed E-state index contributed by atoms with van der Waals surface area (Å²) in [7, 11) is 1.92. The fraction of sp³-hybridized carbons (Fsp3) is 0.406. The Morgan fingerprint density at radius 3 is 2.41 bits per heavy atom. The van der Waals surface area contributed by atoms with Gasteiger partial charge in [-0.15, -0.1) is 0 Å². The molecule has 0 spiro atoms. The number of nitrogens with one attached hydrogen (secondary N) is 2. The van der Waals surface area contributed by atoms with Crippen LogP contribution in [0.2, 0.25) is 0 Å². The summed E-state index contributed by atoms with van der Waals surface area (Å²) in [6.45, 7) is 8.18. The van der Waals surface area contributed by atoms with Gasteiger partial charge in [0.15, 0.2) is 11.5 Å². The first kappa shape index (κ1) is 34.3. The number of nitrogens with two attached hydrogens (primary N) is 1. The zero-order chi connectivity index (χ0) is 33.8. The van der Waals surface area contributed by atoms with Crippen molar-refractivity contribution in [2.75, 3.05) is 49.3 Å². The van der Waals surface area contributed by atoms with Gasteiger partial charge in [0.1, 0.15) is 5.69 Å². The molecule has 0 saturated carbocycles. The Morgan fingerprint density at radius 1 is 1.11 bits per heavy atom. The van der Waals surface area contributed by atoms with E-state index in [2.05, 4.69) is 32.0 Å². The summed E-state index contributed by atoms with van der Waals surface area (Å²) in [5.74, 6) is 0.870. The minimum atomic E-state index is -3.37. The van der Waals surface area contributed by atoms with Gasteiger partial charge in [-0.25, -0.2) is 18.2 Å². The van der Waals surface area contributed by atoms with Crippen LogP contribution >= 0.6 is 0 Å². The molecule has 0 radical (unpaired) electrons. The van der Waals surface area contributed by atoms with E-state index in [0.29, 0.717) is 46.3 Å². The number of aromatic carboxylic acids is 1. The number of anilines is 3. The van der Waals surface area contributed by atoms with Gasteiger partial charge in [0.2, 0.25) is 21.9 Å². The van der Waals surface area contributed by atoms with Gasteiger partial charge >= 0.3 is 5.97 Å². The molecule has 5 rings (SSSR count). The molecule has 2 aromatic carbocycles. The van der Waals surface area contributed by atoms with Gasteiger partial charge in [-0.05, 0) is 68.2 Å². The fourth-order valence-electron chi connectivity index (χ4n) is 5.17. The number of ether oxygens (including phenoxy) is 2. The van der Waals surface area contributed by atoms with E-state index in [1.54, 1.807) is 48.1 Å². The predicted octanol–water partition coefficient (Wildman–Crippen LogP) is 4.91. The quantitative estimate of drug-likeness (QED) is 0.190. The molecule has 0 aliphatic carbocycles. The fourth-order valence-corrected chi connectivity index (χ4v) is 5.72. The van der Waals surface area contributed by atoms with Crippen molar-refractivity contribution in [1.29, 1.82) is 0 Å². The Balaban J connectivity index is 0.000000232. The Hall–Kier alpha value is -4.56. The number of nitrogens with zero attached hydrogens (tertiary/aromatic N) is 4. The van der Waals surface area contributed by atoms with Crippen LogP contribution in [0.25, 0.3) is 10.9 Å². The molecule has 3 heterocycles. The molecular weight excluding hydrogens is 610 g/mol. The zero-order valence-electron chi connectivity index (χ0n) is 27.3. The largest absolute Gasteiger partial charge is 0.492 e. The molecule has 0 bridgehead atoms. The SMILES string of the molecule is CN1CCC(Nc2nccc(Oc3cccc4cc(C(=O)O)n(C)c34)n2)CC1.COc1c(N)cc(C(C)(C)C)cc1NS(C)(=O)=O. The van der Waals surface area contributed by atoms with Crippen LogP contribution < -0.4 is 25.2 Å². The molecule has 14 heteroatoms. The molecule has 0 atom stereocenters. The van der Waals surface area contributed by atoms with Gasteiger partial charge in [0.05, 0.1) is 30.3 Å². The molecule has 0 unspecified atom stereocenters. The number of benzene rings is 2. The van der Waals surface area contributed by atoms with Crippen LogP contribution in [0.15, 0.2) is 48.7 Å². The minimum absolute atomic E-state index is 0.131. The van der Waals surface area contributed by atoms with E-state index >= 15 is 0 Å². The number of carbonyl (C=O) groups is 1. The second kappa shape index (κ2) is 13.8. The van der Waals surface area contributed by atoms with Crippen LogP contribution in [0, 0.1) is 0 Å². The third-order valence-corrected chi connectivity index (χ3v) is 8.21. The summed E-state index contributed by atoms with van der Waals surface area (Å²) in [6, 6.07) is 12.7. The van der Waals surface area contributed by atoms with Crippen molar-refractivity contribution in [2.24, 2.45) is 7.05 Å². The van der Waals surface area contributed by atoms with Gasteiger partial charge in [0.25, 0.3) is 0 Å². The smallest absolute Gasteiger partial charge is 0.352 e.